The van der Waals surface area contributed by atoms with Crippen molar-refractivity contribution < 1.29 is 13.7 Å². The van der Waals surface area contributed by atoms with Gasteiger partial charge in [-0.05, 0) is 58.9 Å². The van der Waals surface area contributed by atoms with Crippen LogP contribution in [0.4, 0.5) is 4.79 Å². The normalized spacial score (nSPS) is 20.9. The van der Waals surface area contributed by atoms with Crippen LogP contribution in [0.3, 0.4) is 0 Å². The zero-order valence-corrected chi connectivity index (χ0v) is 20.5. The molecule has 5 rings (SSSR count). The molecule has 1 aliphatic heterocycles. The number of nitrogens with zero attached hydrogens (tertiary/aromatic N) is 2. The minimum Gasteiger partial charge on any atom is -0.448 e. The van der Waals surface area contributed by atoms with Crippen molar-refractivity contribution in [3.63, 3.8) is 0 Å². The summed E-state index contributed by atoms with van der Waals surface area (Å²) in [6, 6.07) is 19.7. The van der Waals surface area contributed by atoms with Crippen molar-refractivity contribution in [3.8, 4) is 11.1 Å². The molecule has 9 heteroatoms. The van der Waals surface area contributed by atoms with Crippen molar-refractivity contribution in [1.82, 2.24) is 10.3 Å². The highest BCUT2D eigenvalue weighted by atomic mass is 35.5. The van der Waals surface area contributed by atoms with E-state index in [1.807, 2.05) is 30.3 Å². The van der Waals surface area contributed by atoms with Gasteiger partial charge in [0.15, 0.2) is 0 Å². The van der Waals surface area contributed by atoms with E-state index in [9.17, 15) is 9.00 Å². The molecule has 2 atom stereocenters. The number of rotatable bonds is 3. The summed E-state index contributed by atoms with van der Waals surface area (Å²) >= 11 is 11.1. The molecule has 1 fully saturated rings. The van der Waals surface area contributed by atoms with Gasteiger partial charge in [0.25, 0.3) is 0 Å². The van der Waals surface area contributed by atoms with Gasteiger partial charge in [0.1, 0.15) is 11.8 Å². The second-order valence-corrected chi connectivity index (χ2v) is 11.6. The number of carbonyl (C=O) groups excluding carboxylic acids is 1. The van der Waals surface area contributed by atoms with E-state index in [4.69, 9.17) is 28.6 Å². The van der Waals surface area contributed by atoms with Gasteiger partial charge in [-0.3, -0.25) is 5.32 Å². The van der Waals surface area contributed by atoms with E-state index in [2.05, 4.69) is 38.9 Å². The van der Waals surface area contributed by atoms with Crippen molar-refractivity contribution >= 4 is 44.8 Å². The zero-order chi connectivity index (χ0) is 23.7. The van der Waals surface area contributed by atoms with Gasteiger partial charge in [0.05, 0.1) is 15.0 Å². The Morgan fingerprint density at radius 1 is 1.12 bits per heavy atom. The molecule has 2 aliphatic rings. The zero-order valence-electron chi connectivity index (χ0n) is 18.1. The predicted molar refractivity (Wildman–Crippen MR) is 137 cm³/mol. The highest BCUT2D eigenvalue weighted by molar-refractivity contribution is 7.95. The molecule has 6 nitrogen and oxygen atoms in total. The van der Waals surface area contributed by atoms with E-state index in [1.165, 1.54) is 0 Å². The lowest BCUT2D eigenvalue weighted by Crippen LogP contribution is -2.30. The van der Waals surface area contributed by atoms with Gasteiger partial charge in [-0.2, -0.15) is 4.36 Å². The molecule has 0 bridgehead atoms. The summed E-state index contributed by atoms with van der Waals surface area (Å²) in [4.78, 5) is 16.6. The Kier molecular flexibility index (Phi) is 6.38. The molecule has 0 saturated carbocycles. The molecule has 2 aromatic carbocycles. The molecule has 2 unspecified atom stereocenters. The molecule has 0 radical (unpaired) electrons. The van der Waals surface area contributed by atoms with Crippen molar-refractivity contribution in [3.05, 3.63) is 88.7 Å². The average Bonchev–Trinajstić information content (AvgIpc) is 3.36. The summed E-state index contributed by atoms with van der Waals surface area (Å²) in [5, 5.41) is 2.41. The lowest BCUT2D eigenvalue weighted by molar-refractivity contribution is 0.148. The fourth-order valence-electron chi connectivity index (χ4n) is 4.75. The number of pyridine rings is 1. The molecule has 174 valence electrons. The highest BCUT2D eigenvalue weighted by Crippen LogP contribution is 2.44. The molecule has 34 heavy (non-hydrogen) atoms. The first-order chi connectivity index (χ1) is 16.4. The maximum absolute atomic E-state index is 13.5. The maximum Gasteiger partial charge on any atom is 0.413 e. The Labute approximate surface area is 208 Å². The largest absolute Gasteiger partial charge is 0.448 e. The number of carbonyl (C=O) groups is 1. The van der Waals surface area contributed by atoms with Crippen LogP contribution >= 0.6 is 23.8 Å². The number of aromatic nitrogens is 1. The quantitative estimate of drug-likeness (QED) is 0.352. The molecule has 1 aliphatic carbocycles. The Balaban J connectivity index is 1.26. The van der Waals surface area contributed by atoms with E-state index in [-0.39, 0.29) is 22.9 Å². The molecule has 1 aromatic heterocycles. The number of hydrogen-bond acceptors (Lipinski definition) is 5. The number of ether oxygens (including phenoxy) is 1. The molecule has 2 heterocycles. The Hall–Kier alpha value is -2.81. The first-order valence-corrected chi connectivity index (χ1v) is 13.5. The number of thiocarbonyl (C=S) groups is 1. The standard InChI is InChI=1S/C25H22ClN3O3S2/c26-23-12-11-16(14-27-23)22-10-5-13-34(22,31)29-24(33)28-25(30)32-15-21-19-8-3-1-6-17(19)18-7-2-4-9-20(18)21/h1-4,6-9,11-12,14,21-22H,5,10,13,15H2,(H,28,30,33). The molecule has 1 N–H and O–H groups in total. The lowest BCUT2D eigenvalue weighted by atomic mass is 9.98. The van der Waals surface area contributed by atoms with Crippen LogP contribution in [0.5, 0.6) is 0 Å². The number of amides is 1. The third-order valence-corrected chi connectivity index (χ3v) is 9.55. The van der Waals surface area contributed by atoms with E-state index < -0.39 is 15.8 Å². The molecular formula is C25H22ClN3O3S2. The second-order valence-electron chi connectivity index (χ2n) is 8.29. The summed E-state index contributed by atoms with van der Waals surface area (Å²) in [5.41, 5.74) is 5.35. The Bertz CT molecular complexity index is 1340. The van der Waals surface area contributed by atoms with E-state index >= 15 is 0 Å². The van der Waals surface area contributed by atoms with Gasteiger partial charge in [0.2, 0.25) is 5.11 Å². The van der Waals surface area contributed by atoms with Crippen LogP contribution in [0.25, 0.3) is 11.1 Å². The maximum atomic E-state index is 13.5. The monoisotopic (exact) mass is 511 g/mol. The molecule has 3 aromatic rings. The number of halogens is 1. The lowest BCUT2D eigenvalue weighted by Gasteiger charge is -2.15. The summed E-state index contributed by atoms with van der Waals surface area (Å²) in [5.74, 6) is 0.351. The third kappa shape index (κ3) is 4.45. The fourth-order valence-corrected chi connectivity index (χ4v) is 7.84. The SMILES string of the molecule is O=C(NC(=S)N=S1(=O)CCCC1c1ccc(Cl)nc1)OCC1c2ccccc2-c2ccccc21. The van der Waals surface area contributed by atoms with Crippen molar-refractivity contribution in [2.75, 3.05) is 12.4 Å². The van der Waals surface area contributed by atoms with E-state index in [1.54, 1.807) is 12.3 Å². The number of nitrogens with one attached hydrogen (secondary N) is 1. The first-order valence-electron chi connectivity index (χ1n) is 11.0. The van der Waals surface area contributed by atoms with Gasteiger partial charge in [-0.15, -0.1) is 0 Å². The van der Waals surface area contributed by atoms with E-state index in [0.29, 0.717) is 17.3 Å². The average molecular weight is 512 g/mol. The second kappa shape index (κ2) is 9.44. The summed E-state index contributed by atoms with van der Waals surface area (Å²) in [7, 11) is -2.69. The van der Waals surface area contributed by atoms with Gasteiger partial charge in [-0.25, -0.2) is 14.0 Å². The molecular weight excluding hydrogens is 490 g/mol. The van der Waals surface area contributed by atoms with Crippen LogP contribution < -0.4 is 5.32 Å². The number of benzene rings is 2. The van der Waals surface area contributed by atoms with Crippen LogP contribution in [0.15, 0.2) is 71.2 Å². The van der Waals surface area contributed by atoms with Gasteiger partial charge in [-0.1, -0.05) is 66.2 Å². The Morgan fingerprint density at radius 3 is 2.44 bits per heavy atom. The highest BCUT2D eigenvalue weighted by Gasteiger charge is 2.32. The summed E-state index contributed by atoms with van der Waals surface area (Å²) < 4.78 is 23.3. The minimum atomic E-state index is -2.69. The molecule has 1 saturated heterocycles. The topological polar surface area (TPSA) is 80.7 Å². The minimum absolute atomic E-state index is 0.0586. The van der Waals surface area contributed by atoms with Gasteiger partial charge >= 0.3 is 6.09 Å². The van der Waals surface area contributed by atoms with Crippen molar-refractivity contribution in [1.29, 1.82) is 0 Å². The Morgan fingerprint density at radius 2 is 1.79 bits per heavy atom. The van der Waals surface area contributed by atoms with Gasteiger partial charge < -0.3 is 4.74 Å². The van der Waals surface area contributed by atoms with Crippen LogP contribution in [0.1, 0.15) is 40.7 Å². The fraction of sp³-hybridized carbons (Fsp3) is 0.240. The van der Waals surface area contributed by atoms with Crippen LogP contribution in [-0.2, 0) is 14.5 Å². The van der Waals surface area contributed by atoms with Crippen LogP contribution in [0, 0.1) is 0 Å². The summed E-state index contributed by atoms with van der Waals surface area (Å²) in [6.07, 6.45) is 2.37. The third-order valence-electron chi connectivity index (χ3n) is 6.26. The molecule has 0 spiro atoms. The van der Waals surface area contributed by atoms with Gasteiger partial charge in [0, 0.05) is 17.9 Å². The number of fused-ring (bicyclic) bond motifs is 3. The van der Waals surface area contributed by atoms with Crippen LogP contribution in [-0.4, -0.2) is 32.8 Å². The van der Waals surface area contributed by atoms with E-state index in [0.717, 1.165) is 34.2 Å². The van der Waals surface area contributed by atoms with Crippen molar-refractivity contribution in [2.24, 2.45) is 4.36 Å². The first kappa shape index (κ1) is 23.0. The van der Waals surface area contributed by atoms with Crippen LogP contribution in [0.2, 0.25) is 5.15 Å². The number of hydrogen-bond donors (Lipinski definition) is 1. The smallest absolute Gasteiger partial charge is 0.413 e. The summed E-state index contributed by atoms with van der Waals surface area (Å²) in [6.45, 7) is 0.164. The molecule has 1 amide bonds. The number of alkyl carbamates (subject to hydrolysis) is 1. The van der Waals surface area contributed by atoms with Crippen molar-refractivity contribution in [2.45, 2.75) is 24.0 Å². The predicted octanol–water partition coefficient (Wildman–Crippen LogP) is 5.86.